The highest BCUT2D eigenvalue weighted by molar-refractivity contribution is 5.80. The quantitative estimate of drug-likeness (QED) is 0.672. The Hall–Kier alpha value is -3.40. The zero-order valence-corrected chi connectivity index (χ0v) is 16.8. The first kappa shape index (κ1) is 21.3. The van der Waals surface area contributed by atoms with Crippen LogP contribution in [0.25, 0.3) is 11.0 Å². The fraction of sp³-hybridized carbons (Fsp3) is 0.304. The third kappa shape index (κ3) is 4.60. The number of fused-ring (bicyclic) bond motifs is 2. The van der Waals surface area contributed by atoms with E-state index in [-0.39, 0.29) is 12.5 Å². The largest absolute Gasteiger partial charge is 0.369 e. The number of hydrogen-bond acceptors (Lipinski definition) is 3. The molecule has 5 rings (SSSR count). The maximum atomic E-state index is 13.4. The lowest BCUT2D eigenvalue weighted by molar-refractivity contribution is -0.118. The van der Waals surface area contributed by atoms with Gasteiger partial charge in [-0.15, -0.1) is 12.8 Å². The van der Waals surface area contributed by atoms with Gasteiger partial charge in [0.25, 0.3) is 0 Å². The van der Waals surface area contributed by atoms with Crippen LogP contribution in [0, 0.1) is 43.2 Å². The van der Waals surface area contributed by atoms with Crippen molar-refractivity contribution < 1.29 is 13.6 Å². The molecule has 5 nitrogen and oxygen atoms in total. The second-order valence-electron chi connectivity index (χ2n) is 7.46. The summed E-state index contributed by atoms with van der Waals surface area (Å²) >= 11 is 0. The summed E-state index contributed by atoms with van der Waals surface area (Å²) in [6.45, 7) is 3.93. The topological polar surface area (TPSA) is 64.2 Å². The molecule has 1 saturated carbocycles. The second-order valence-corrected chi connectivity index (χ2v) is 7.46. The van der Waals surface area contributed by atoms with Gasteiger partial charge >= 0.3 is 0 Å². The van der Waals surface area contributed by atoms with E-state index < -0.39 is 11.6 Å². The Balaban J connectivity index is 0.000000158. The number of rotatable bonds is 3. The number of benzene rings is 2. The van der Waals surface area contributed by atoms with Crippen LogP contribution in [-0.4, -0.2) is 28.5 Å². The molecule has 2 aromatic carbocycles. The van der Waals surface area contributed by atoms with E-state index >= 15 is 0 Å². The van der Waals surface area contributed by atoms with E-state index in [1.807, 2.05) is 40.7 Å². The third-order valence-electron chi connectivity index (χ3n) is 5.39. The van der Waals surface area contributed by atoms with Crippen LogP contribution >= 0.6 is 0 Å². The fourth-order valence-corrected chi connectivity index (χ4v) is 3.88. The molecule has 3 aromatic rings. The zero-order chi connectivity index (χ0) is 21.8. The van der Waals surface area contributed by atoms with Crippen LogP contribution in [-0.2, 0) is 11.3 Å². The smallest absolute Gasteiger partial charge is 0.237 e. The number of carbonyl (C=O) groups excluding carboxylic acids is 1. The number of primary amides is 1. The zero-order valence-electron chi connectivity index (χ0n) is 16.8. The van der Waals surface area contributed by atoms with Gasteiger partial charge in [0.1, 0.15) is 24.0 Å². The molecule has 2 unspecified atom stereocenters. The summed E-state index contributed by atoms with van der Waals surface area (Å²) in [6.07, 6.45) is 9.29. The van der Waals surface area contributed by atoms with Crippen LogP contribution < -0.4 is 10.6 Å². The van der Waals surface area contributed by atoms with Crippen molar-refractivity contribution in [3.63, 3.8) is 0 Å². The van der Waals surface area contributed by atoms with Gasteiger partial charge in [0.05, 0.1) is 16.7 Å². The number of piperidine rings is 1. The summed E-state index contributed by atoms with van der Waals surface area (Å²) in [4.78, 5) is 17.2. The molecular formula is C23H24F2N4O. The second kappa shape index (κ2) is 8.95. The van der Waals surface area contributed by atoms with Gasteiger partial charge < -0.3 is 15.2 Å². The lowest BCUT2D eigenvalue weighted by atomic mass is 10.2. The first-order chi connectivity index (χ1) is 14.4. The fourth-order valence-electron chi connectivity index (χ4n) is 3.88. The van der Waals surface area contributed by atoms with Crippen LogP contribution in [0.15, 0.2) is 42.5 Å². The van der Waals surface area contributed by atoms with E-state index in [1.54, 1.807) is 0 Å². The van der Waals surface area contributed by atoms with E-state index in [1.165, 1.54) is 18.6 Å². The molecule has 2 N–H and O–H groups in total. The molecule has 2 heterocycles. The molecule has 156 valence electrons. The molecule has 1 aliphatic heterocycles. The summed E-state index contributed by atoms with van der Waals surface area (Å²) in [7, 11) is 0. The molecule has 1 amide bonds. The van der Waals surface area contributed by atoms with E-state index in [0.717, 1.165) is 47.8 Å². The van der Waals surface area contributed by atoms with Crippen molar-refractivity contribution in [3.05, 3.63) is 59.9 Å². The summed E-state index contributed by atoms with van der Waals surface area (Å²) in [5, 5.41) is 0. The number of amides is 1. The monoisotopic (exact) mass is 410 g/mol. The number of nitrogens with zero attached hydrogens (tertiary/aromatic N) is 3. The van der Waals surface area contributed by atoms with Crippen molar-refractivity contribution in [1.82, 2.24) is 9.55 Å². The minimum Gasteiger partial charge on any atom is -0.369 e. The highest BCUT2D eigenvalue weighted by atomic mass is 19.1. The third-order valence-corrected chi connectivity index (χ3v) is 5.39. The first-order valence-electron chi connectivity index (χ1n) is 9.66. The molecular weight excluding hydrogens is 386 g/mol. The van der Waals surface area contributed by atoms with Gasteiger partial charge in [0.15, 0.2) is 0 Å². The lowest BCUT2D eigenvalue weighted by Gasteiger charge is -2.20. The molecule has 2 aliphatic rings. The van der Waals surface area contributed by atoms with Gasteiger partial charge in [-0.1, -0.05) is 12.1 Å². The average Bonchev–Trinajstić information content (AvgIpc) is 3.20. The van der Waals surface area contributed by atoms with Gasteiger partial charge in [-0.05, 0) is 49.4 Å². The maximum absolute atomic E-state index is 13.4. The number of imidazole rings is 1. The normalized spacial score (nSPS) is 18.6. The van der Waals surface area contributed by atoms with Crippen molar-refractivity contribution in [2.45, 2.75) is 19.9 Å². The summed E-state index contributed by atoms with van der Waals surface area (Å²) in [5.41, 5.74) is 7.55. The summed E-state index contributed by atoms with van der Waals surface area (Å²) < 4.78 is 27.8. The van der Waals surface area contributed by atoms with E-state index in [2.05, 4.69) is 17.8 Å². The predicted octanol–water partition coefficient (Wildman–Crippen LogP) is 3.50. The van der Waals surface area contributed by atoms with Crippen LogP contribution in [0.1, 0.15) is 12.2 Å². The molecule has 2 atom stereocenters. The number of carbonyl (C=O) groups is 1. The van der Waals surface area contributed by atoms with Gasteiger partial charge in [0.2, 0.25) is 5.91 Å². The standard InChI is InChI=1S/C11H11F2N.C10H11N3O.C2H2/c12-9-1-2-11(10(13)4-9)14-5-7-3-8(7)6-14;1-7-12-8-4-2-3-5-9(8)13(7)6-10(11)14;1-2/h1-2,4,7-8H,3,5-6H2;2-5H,6H2,1H3,(H2,11,14);1-2H. The van der Waals surface area contributed by atoms with E-state index in [9.17, 15) is 13.6 Å². The van der Waals surface area contributed by atoms with Gasteiger partial charge in [-0.2, -0.15) is 0 Å². The predicted molar refractivity (Wildman–Crippen MR) is 114 cm³/mol. The van der Waals surface area contributed by atoms with Crippen molar-refractivity contribution in [2.24, 2.45) is 17.6 Å². The lowest BCUT2D eigenvalue weighted by Crippen LogP contribution is -2.22. The average molecular weight is 410 g/mol. The van der Waals surface area contributed by atoms with Crippen molar-refractivity contribution in [1.29, 1.82) is 0 Å². The Bertz CT molecular complexity index is 1070. The van der Waals surface area contributed by atoms with Crippen molar-refractivity contribution in [3.8, 4) is 12.8 Å². The molecule has 1 aromatic heterocycles. The molecule has 0 bridgehead atoms. The Morgan fingerprint density at radius 2 is 1.83 bits per heavy atom. The Labute approximate surface area is 174 Å². The van der Waals surface area contributed by atoms with Crippen LogP contribution in [0.4, 0.5) is 14.5 Å². The minimum absolute atomic E-state index is 0.187. The summed E-state index contributed by atoms with van der Waals surface area (Å²) in [6, 6.07) is 11.5. The van der Waals surface area contributed by atoms with Crippen molar-refractivity contribution >= 4 is 22.6 Å². The minimum atomic E-state index is -0.504. The van der Waals surface area contributed by atoms with Crippen LogP contribution in [0.3, 0.4) is 0 Å². The molecule has 30 heavy (non-hydrogen) atoms. The Kier molecular flexibility index (Phi) is 6.36. The highest BCUT2D eigenvalue weighted by Crippen LogP contribution is 2.46. The number of anilines is 1. The molecule has 0 spiro atoms. The molecule has 7 heteroatoms. The molecule has 2 fully saturated rings. The first-order valence-corrected chi connectivity index (χ1v) is 9.66. The van der Waals surface area contributed by atoms with Gasteiger partial charge in [-0.3, -0.25) is 4.79 Å². The van der Waals surface area contributed by atoms with Crippen molar-refractivity contribution in [2.75, 3.05) is 18.0 Å². The number of aromatic nitrogens is 2. The Morgan fingerprint density at radius 3 is 2.47 bits per heavy atom. The maximum Gasteiger partial charge on any atom is 0.237 e. The number of terminal acetylenes is 1. The number of hydrogen-bond donors (Lipinski definition) is 1. The number of halogens is 2. The SMILES string of the molecule is C#C.Cc1nc2ccccc2n1CC(N)=O.Fc1ccc(N2CC3CC3C2)c(F)c1. The van der Waals surface area contributed by atoms with Crippen LogP contribution in [0.5, 0.6) is 0 Å². The van der Waals surface area contributed by atoms with E-state index in [4.69, 9.17) is 5.73 Å². The molecule has 1 saturated heterocycles. The van der Waals surface area contributed by atoms with E-state index in [0.29, 0.717) is 5.69 Å². The summed E-state index contributed by atoms with van der Waals surface area (Å²) in [5.74, 6) is 1.04. The molecule has 1 aliphatic carbocycles. The highest BCUT2D eigenvalue weighted by Gasteiger charge is 2.45. The van der Waals surface area contributed by atoms with Gasteiger partial charge in [-0.25, -0.2) is 13.8 Å². The van der Waals surface area contributed by atoms with Crippen LogP contribution in [0.2, 0.25) is 0 Å². The number of nitrogens with two attached hydrogens (primary N) is 1. The number of aryl methyl sites for hydroxylation is 1. The van der Waals surface area contributed by atoms with Gasteiger partial charge in [0, 0.05) is 19.2 Å². The molecule has 0 radical (unpaired) electrons. The number of para-hydroxylation sites is 2. The Morgan fingerprint density at radius 1 is 1.17 bits per heavy atom.